The van der Waals surface area contributed by atoms with Crippen LogP contribution >= 0.6 is 0 Å². The number of fused-ring (bicyclic) bond motifs is 1. The van der Waals surface area contributed by atoms with E-state index in [0.717, 1.165) is 24.0 Å². The number of ketones is 1. The summed E-state index contributed by atoms with van der Waals surface area (Å²) in [6, 6.07) is 19.2. The summed E-state index contributed by atoms with van der Waals surface area (Å²) in [6.07, 6.45) is 5.36. The van der Waals surface area contributed by atoms with E-state index in [0.29, 0.717) is 6.54 Å². The number of hydrogen-bond acceptors (Lipinski definition) is 6. The minimum atomic E-state index is -1.41. The molecule has 0 radical (unpaired) electrons. The molecule has 2 aromatic rings. The Morgan fingerprint density at radius 3 is 2.26 bits per heavy atom. The lowest BCUT2D eigenvalue weighted by Crippen LogP contribution is -2.57. The van der Waals surface area contributed by atoms with Gasteiger partial charge in [-0.05, 0) is 44.4 Å². The largest absolute Gasteiger partial charge is 0.464 e. The monoisotopic (exact) mass is 461 g/mol. The molecule has 178 valence electrons. The topological polar surface area (TPSA) is 72.9 Å². The van der Waals surface area contributed by atoms with Crippen molar-refractivity contribution in [3.05, 3.63) is 77.9 Å². The van der Waals surface area contributed by atoms with E-state index in [4.69, 9.17) is 9.47 Å². The first-order valence-corrected chi connectivity index (χ1v) is 12.0. The van der Waals surface area contributed by atoms with Gasteiger partial charge in [0.25, 0.3) is 0 Å². The maximum absolute atomic E-state index is 13.8. The molecule has 6 heteroatoms. The van der Waals surface area contributed by atoms with Crippen LogP contribution in [0.25, 0.3) is 6.08 Å². The molecule has 2 fully saturated rings. The summed E-state index contributed by atoms with van der Waals surface area (Å²) >= 11 is 0. The van der Waals surface area contributed by atoms with Gasteiger partial charge in [-0.15, -0.1) is 0 Å². The number of esters is 2. The second kappa shape index (κ2) is 10.3. The highest BCUT2D eigenvalue weighted by Gasteiger charge is 2.67. The van der Waals surface area contributed by atoms with Crippen molar-refractivity contribution in [3.8, 4) is 0 Å². The fraction of sp³-hybridized carbons (Fsp3) is 0.393. The molecule has 0 aliphatic carbocycles. The lowest BCUT2D eigenvalue weighted by Gasteiger charge is -2.36. The van der Waals surface area contributed by atoms with Gasteiger partial charge in [-0.3, -0.25) is 9.69 Å². The van der Waals surface area contributed by atoms with E-state index < -0.39 is 29.2 Å². The molecule has 34 heavy (non-hydrogen) atoms. The quantitative estimate of drug-likeness (QED) is 0.437. The van der Waals surface area contributed by atoms with Gasteiger partial charge >= 0.3 is 11.9 Å². The molecule has 2 heterocycles. The number of hydrogen-bond donors (Lipinski definition) is 0. The van der Waals surface area contributed by atoms with Gasteiger partial charge in [0.1, 0.15) is 5.54 Å². The highest BCUT2D eigenvalue weighted by Crippen LogP contribution is 2.54. The zero-order valence-corrected chi connectivity index (χ0v) is 19.7. The van der Waals surface area contributed by atoms with E-state index in [1.807, 2.05) is 66.7 Å². The Labute approximate surface area is 200 Å². The van der Waals surface area contributed by atoms with Gasteiger partial charge in [0.2, 0.25) is 5.78 Å². The molecule has 0 bridgehead atoms. The Kier molecular flexibility index (Phi) is 7.27. The summed E-state index contributed by atoms with van der Waals surface area (Å²) in [7, 11) is 0. The lowest BCUT2D eigenvalue weighted by atomic mass is 9.71. The van der Waals surface area contributed by atoms with Crippen molar-refractivity contribution >= 4 is 23.8 Å². The van der Waals surface area contributed by atoms with E-state index in [2.05, 4.69) is 4.90 Å². The number of Topliss-reactive ketones (excluding diaryl/α,β-unsaturated/α-hetero) is 1. The summed E-state index contributed by atoms with van der Waals surface area (Å²) < 4.78 is 10.7. The van der Waals surface area contributed by atoms with Crippen LogP contribution in [0.5, 0.6) is 0 Å². The van der Waals surface area contributed by atoms with Crippen LogP contribution < -0.4 is 0 Å². The van der Waals surface area contributed by atoms with Crippen molar-refractivity contribution in [1.82, 2.24) is 4.90 Å². The van der Waals surface area contributed by atoms with Gasteiger partial charge < -0.3 is 9.47 Å². The third kappa shape index (κ3) is 4.18. The van der Waals surface area contributed by atoms with Crippen molar-refractivity contribution in [2.75, 3.05) is 19.8 Å². The molecular weight excluding hydrogens is 430 g/mol. The van der Waals surface area contributed by atoms with Crippen molar-refractivity contribution < 1.29 is 23.9 Å². The zero-order chi connectivity index (χ0) is 24.1. The second-order valence-electron chi connectivity index (χ2n) is 8.69. The molecule has 2 aliphatic heterocycles. The summed E-state index contributed by atoms with van der Waals surface area (Å²) in [5, 5.41) is 0. The highest BCUT2D eigenvalue weighted by atomic mass is 16.5. The van der Waals surface area contributed by atoms with Crippen LogP contribution in [0.2, 0.25) is 0 Å². The van der Waals surface area contributed by atoms with Crippen LogP contribution in [0.15, 0.2) is 66.7 Å². The van der Waals surface area contributed by atoms with Crippen LogP contribution in [-0.4, -0.2) is 54.0 Å². The number of nitrogens with zero attached hydrogens (tertiary/aromatic N) is 1. The van der Waals surface area contributed by atoms with Crippen molar-refractivity contribution in [2.24, 2.45) is 5.92 Å². The Hall–Kier alpha value is -3.25. The zero-order valence-electron chi connectivity index (χ0n) is 19.7. The van der Waals surface area contributed by atoms with Gasteiger partial charge in [0.05, 0.1) is 19.1 Å². The van der Waals surface area contributed by atoms with Gasteiger partial charge in [-0.2, -0.15) is 0 Å². The molecule has 0 unspecified atom stereocenters. The second-order valence-corrected chi connectivity index (χ2v) is 8.69. The number of ether oxygens (including phenoxy) is 2. The smallest absolute Gasteiger partial charge is 0.375 e. The van der Waals surface area contributed by atoms with E-state index in [1.165, 1.54) is 0 Å². The third-order valence-corrected chi connectivity index (χ3v) is 6.90. The molecular formula is C28H31NO5. The number of carbonyl (C=O) groups is 3. The minimum Gasteiger partial charge on any atom is -0.464 e. The van der Waals surface area contributed by atoms with Crippen LogP contribution in [0.1, 0.15) is 43.7 Å². The van der Waals surface area contributed by atoms with Crippen LogP contribution in [0, 0.1) is 5.92 Å². The van der Waals surface area contributed by atoms with Gasteiger partial charge in [0, 0.05) is 12.0 Å². The van der Waals surface area contributed by atoms with Crippen molar-refractivity contribution in [3.63, 3.8) is 0 Å². The highest BCUT2D eigenvalue weighted by molar-refractivity contribution is 6.35. The normalized spacial score (nSPS) is 26.4. The molecule has 0 aromatic heterocycles. The Balaban J connectivity index is 1.92. The maximum atomic E-state index is 13.8. The third-order valence-electron chi connectivity index (χ3n) is 6.90. The molecule has 0 saturated carbocycles. The number of benzene rings is 2. The molecule has 0 amide bonds. The minimum absolute atomic E-state index is 0.0735. The summed E-state index contributed by atoms with van der Waals surface area (Å²) in [5.41, 5.74) is 0.422. The number of carbonyl (C=O) groups excluding carboxylic acids is 3. The first-order chi connectivity index (χ1) is 16.5. The Bertz CT molecular complexity index is 1050. The van der Waals surface area contributed by atoms with E-state index >= 15 is 0 Å². The molecule has 4 rings (SSSR count). The molecule has 2 aliphatic rings. The Morgan fingerprint density at radius 1 is 0.971 bits per heavy atom. The average molecular weight is 462 g/mol. The van der Waals surface area contributed by atoms with E-state index in [9.17, 15) is 14.4 Å². The van der Waals surface area contributed by atoms with Crippen LogP contribution in [0.3, 0.4) is 0 Å². The molecule has 0 N–H and O–H groups in total. The SMILES string of the molecule is CCOC(=O)C(=O)[C@@H]1[C@@H](c2ccccc2)[C@@H]2CCCN2[C@@]1(/C=C/c1ccccc1)C(=O)OCC. The van der Waals surface area contributed by atoms with E-state index in [-0.39, 0.29) is 25.2 Å². The lowest BCUT2D eigenvalue weighted by molar-refractivity contribution is -0.162. The molecule has 2 saturated heterocycles. The predicted octanol–water partition coefficient (Wildman–Crippen LogP) is 4.01. The van der Waals surface area contributed by atoms with E-state index in [1.54, 1.807) is 19.9 Å². The molecule has 0 spiro atoms. The van der Waals surface area contributed by atoms with Crippen molar-refractivity contribution in [2.45, 2.75) is 44.2 Å². The van der Waals surface area contributed by atoms with Gasteiger partial charge in [0.15, 0.2) is 0 Å². The number of rotatable bonds is 8. The fourth-order valence-electron chi connectivity index (χ4n) is 5.63. The standard InChI is InChI=1S/C28H31NO5/c1-3-33-26(31)25(30)24-23(21-14-9-6-10-15-21)22-16-11-19-29(22)28(24,27(32)34-4-2)18-17-20-12-7-5-8-13-20/h5-10,12-15,17-18,22-24H,3-4,11,16,19H2,1-2H3/b18-17+/t22-,23-,24-,28+/m0/s1. The molecule has 2 aromatic carbocycles. The maximum Gasteiger partial charge on any atom is 0.375 e. The van der Waals surface area contributed by atoms with Gasteiger partial charge in [-0.25, -0.2) is 9.59 Å². The summed E-state index contributed by atoms with van der Waals surface area (Å²) in [6.45, 7) is 4.32. The average Bonchev–Trinajstić information content (AvgIpc) is 3.44. The first kappa shape index (κ1) is 23.9. The Morgan fingerprint density at radius 2 is 1.62 bits per heavy atom. The van der Waals surface area contributed by atoms with Gasteiger partial charge in [-0.1, -0.05) is 72.8 Å². The molecule has 4 atom stereocenters. The predicted molar refractivity (Wildman–Crippen MR) is 129 cm³/mol. The first-order valence-electron chi connectivity index (χ1n) is 12.0. The fourth-order valence-corrected chi connectivity index (χ4v) is 5.63. The van der Waals surface area contributed by atoms with Crippen molar-refractivity contribution in [1.29, 1.82) is 0 Å². The van der Waals surface area contributed by atoms with Crippen LogP contribution in [0.4, 0.5) is 0 Å². The summed E-state index contributed by atoms with van der Waals surface area (Å²) in [5.74, 6) is -3.40. The summed E-state index contributed by atoms with van der Waals surface area (Å²) in [4.78, 5) is 42.4. The van der Waals surface area contributed by atoms with Crippen LogP contribution in [-0.2, 0) is 23.9 Å². The molecule has 6 nitrogen and oxygen atoms in total.